The van der Waals surface area contributed by atoms with Crippen molar-refractivity contribution in [1.29, 1.82) is 0 Å². The van der Waals surface area contributed by atoms with E-state index in [9.17, 15) is 0 Å². The lowest BCUT2D eigenvalue weighted by atomic mass is 10.1. The summed E-state index contributed by atoms with van der Waals surface area (Å²) in [5.41, 5.74) is 2.27. The molecule has 0 aromatic heterocycles. The van der Waals surface area contributed by atoms with E-state index >= 15 is 0 Å². The molecule has 29 heavy (non-hydrogen) atoms. The highest BCUT2D eigenvalue weighted by Gasteiger charge is 2.13. The molecule has 3 rings (SSSR count). The van der Waals surface area contributed by atoms with Gasteiger partial charge in [0.1, 0.15) is 0 Å². The van der Waals surface area contributed by atoms with Crippen LogP contribution in [-0.4, -0.2) is 40.1 Å². The fourth-order valence-corrected chi connectivity index (χ4v) is 2.92. The number of nitrogens with one attached hydrogen (secondary N) is 2. The van der Waals surface area contributed by atoms with Gasteiger partial charge in [0.15, 0.2) is 29.0 Å². The Kier molecular flexibility index (Phi) is 9.17. The number of benzene rings is 2. The maximum Gasteiger partial charge on any atom is 0.231 e. The molecule has 0 bridgehead atoms. The summed E-state index contributed by atoms with van der Waals surface area (Å²) in [7, 11) is 3.40. The highest BCUT2D eigenvalue weighted by molar-refractivity contribution is 14.0. The average Bonchev–Trinajstić information content (AvgIpc) is 3.19. The van der Waals surface area contributed by atoms with Crippen molar-refractivity contribution in [3.05, 3.63) is 47.5 Å². The number of nitrogens with zero attached hydrogens (tertiary/aromatic N) is 1. The van der Waals surface area contributed by atoms with Gasteiger partial charge in [-0.2, -0.15) is 0 Å². The van der Waals surface area contributed by atoms with Gasteiger partial charge in [-0.25, -0.2) is 0 Å². The van der Waals surface area contributed by atoms with Gasteiger partial charge >= 0.3 is 0 Å². The normalized spacial score (nSPS) is 12.2. The molecule has 2 aromatic rings. The molecule has 0 aliphatic carbocycles. The Morgan fingerprint density at radius 2 is 1.83 bits per heavy atom. The standard InChI is InChI=1S/C21H27N3O4.HI/c1-4-26-17-8-6-16(12-19(17)25-3)13-24-21(22-2)23-10-9-15-5-7-18-20(11-15)28-14-27-18;/h5-8,11-12H,4,9-10,13-14H2,1-3H3,(H2,22,23,24);1H. The molecule has 0 radical (unpaired) electrons. The van der Waals surface area contributed by atoms with Gasteiger partial charge in [0.05, 0.1) is 13.7 Å². The highest BCUT2D eigenvalue weighted by Crippen LogP contribution is 2.32. The van der Waals surface area contributed by atoms with Gasteiger partial charge in [-0.3, -0.25) is 4.99 Å². The topological polar surface area (TPSA) is 73.3 Å². The van der Waals surface area contributed by atoms with E-state index in [1.165, 1.54) is 5.56 Å². The lowest BCUT2D eigenvalue weighted by Crippen LogP contribution is -2.37. The molecule has 158 valence electrons. The number of halogens is 1. The molecular formula is C21H28IN3O4. The number of ether oxygens (including phenoxy) is 4. The highest BCUT2D eigenvalue weighted by atomic mass is 127. The number of rotatable bonds is 8. The van der Waals surface area contributed by atoms with Crippen LogP contribution in [0.4, 0.5) is 0 Å². The lowest BCUT2D eigenvalue weighted by molar-refractivity contribution is 0.174. The van der Waals surface area contributed by atoms with E-state index in [2.05, 4.69) is 21.7 Å². The van der Waals surface area contributed by atoms with Gasteiger partial charge in [0.25, 0.3) is 0 Å². The Labute approximate surface area is 188 Å². The summed E-state index contributed by atoms with van der Waals surface area (Å²) in [6.07, 6.45) is 0.855. The summed E-state index contributed by atoms with van der Waals surface area (Å²) in [5, 5.41) is 6.64. The molecule has 0 saturated carbocycles. The van der Waals surface area contributed by atoms with E-state index in [0.29, 0.717) is 19.9 Å². The Morgan fingerprint density at radius 1 is 1.03 bits per heavy atom. The first kappa shape index (κ1) is 22.9. The lowest BCUT2D eigenvalue weighted by Gasteiger charge is -2.14. The monoisotopic (exact) mass is 513 g/mol. The summed E-state index contributed by atoms with van der Waals surface area (Å²) in [4.78, 5) is 4.28. The van der Waals surface area contributed by atoms with Gasteiger partial charge in [-0.1, -0.05) is 12.1 Å². The molecule has 0 fully saturated rings. The summed E-state index contributed by atoms with van der Waals surface area (Å²) < 4.78 is 21.7. The van der Waals surface area contributed by atoms with Crippen molar-refractivity contribution in [3.63, 3.8) is 0 Å². The van der Waals surface area contributed by atoms with Crippen molar-refractivity contribution in [2.24, 2.45) is 4.99 Å². The number of guanidine groups is 1. The largest absolute Gasteiger partial charge is 0.493 e. The number of fused-ring (bicyclic) bond motifs is 1. The van der Waals surface area contributed by atoms with Crippen LogP contribution in [0.25, 0.3) is 0 Å². The van der Waals surface area contributed by atoms with Crippen LogP contribution in [0.2, 0.25) is 0 Å². The molecule has 0 spiro atoms. The zero-order valence-corrected chi connectivity index (χ0v) is 19.3. The zero-order chi connectivity index (χ0) is 19.8. The van der Waals surface area contributed by atoms with E-state index < -0.39 is 0 Å². The van der Waals surface area contributed by atoms with E-state index in [1.54, 1.807) is 14.2 Å². The van der Waals surface area contributed by atoms with Crippen molar-refractivity contribution < 1.29 is 18.9 Å². The van der Waals surface area contributed by atoms with Gasteiger partial charge in [-0.05, 0) is 48.7 Å². The minimum atomic E-state index is 0. The van der Waals surface area contributed by atoms with Gasteiger partial charge < -0.3 is 29.6 Å². The molecule has 0 saturated heterocycles. The third kappa shape index (κ3) is 6.31. The van der Waals surface area contributed by atoms with Gasteiger partial charge in [0, 0.05) is 20.1 Å². The van der Waals surface area contributed by atoms with Crippen LogP contribution < -0.4 is 29.6 Å². The second-order valence-electron chi connectivity index (χ2n) is 6.21. The maximum atomic E-state index is 5.55. The summed E-state index contributed by atoms with van der Waals surface area (Å²) in [6.45, 7) is 4.24. The van der Waals surface area contributed by atoms with Crippen molar-refractivity contribution >= 4 is 29.9 Å². The van der Waals surface area contributed by atoms with E-state index in [4.69, 9.17) is 18.9 Å². The fraction of sp³-hybridized carbons (Fsp3) is 0.381. The van der Waals surface area contributed by atoms with Crippen LogP contribution in [0.3, 0.4) is 0 Å². The smallest absolute Gasteiger partial charge is 0.231 e. The molecule has 1 aliphatic heterocycles. The molecule has 0 atom stereocenters. The third-order valence-corrected chi connectivity index (χ3v) is 4.35. The van der Waals surface area contributed by atoms with Crippen molar-refractivity contribution in [2.75, 3.05) is 34.1 Å². The van der Waals surface area contributed by atoms with Crippen LogP contribution in [-0.2, 0) is 13.0 Å². The maximum absolute atomic E-state index is 5.55. The number of aliphatic imine (C=N–C) groups is 1. The van der Waals surface area contributed by atoms with E-state index in [0.717, 1.165) is 47.5 Å². The first-order chi connectivity index (χ1) is 13.7. The fourth-order valence-electron chi connectivity index (χ4n) is 2.92. The SMILES string of the molecule is CCOc1ccc(CNC(=NC)NCCc2ccc3c(c2)OCO3)cc1OC.I. The first-order valence-electron chi connectivity index (χ1n) is 9.36. The molecule has 0 amide bonds. The van der Waals surface area contributed by atoms with Gasteiger partial charge in [-0.15, -0.1) is 24.0 Å². The van der Waals surface area contributed by atoms with Crippen molar-refractivity contribution in [3.8, 4) is 23.0 Å². The molecule has 0 unspecified atom stereocenters. The second kappa shape index (κ2) is 11.6. The molecule has 2 N–H and O–H groups in total. The van der Waals surface area contributed by atoms with Crippen LogP contribution in [0, 0.1) is 0 Å². The first-order valence-corrected chi connectivity index (χ1v) is 9.36. The molecule has 1 aliphatic rings. The molecule has 8 heteroatoms. The molecule has 2 aromatic carbocycles. The molecule has 1 heterocycles. The summed E-state index contributed by atoms with van der Waals surface area (Å²) >= 11 is 0. The minimum absolute atomic E-state index is 0. The minimum Gasteiger partial charge on any atom is -0.493 e. The third-order valence-electron chi connectivity index (χ3n) is 4.35. The Hall–Kier alpha value is -2.36. The van der Waals surface area contributed by atoms with Crippen LogP contribution in [0.5, 0.6) is 23.0 Å². The number of methoxy groups -OCH3 is 1. The number of hydrogen-bond acceptors (Lipinski definition) is 5. The van der Waals surface area contributed by atoms with E-state index in [-0.39, 0.29) is 24.0 Å². The predicted molar refractivity (Wildman–Crippen MR) is 124 cm³/mol. The Balaban J connectivity index is 0.00000300. The second-order valence-corrected chi connectivity index (χ2v) is 6.21. The predicted octanol–water partition coefficient (Wildman–Crippen LogP) is 3.35. The van der Waals surface area contributed by atoms with Crippen LogP contribution in [0.15, 0.2) is 41.4 Å². The van der Waals surface area contributed by atoms with Crippen LogP contribution in [0.1, 0.15) is 18.1 Å². The number of hydrogen-bond donors (Lipinski definition) is 2. The van der Waals surface area contributed by atoms with Gasteiger partial charge in [0.2, 0.25) is 6.79 Å². The van der Waals surface area contributed by atoms with E-state index in [1.807, 2.05) is 37.3 Å². The summed E-state index contributed by atoms with van der Waals surface area (Å²) in [5.74, 6) is 3.84. The average molecular weight is 513 g/mol. The molecule has 7 nitrogen and oxygen atoms in total. The molecular weight excluding hydrogens is 485 g/mol. The van der Waals surface area contributed by atoms with Crippen LogP contribution >= 0.6 is 24.0 Å². The zero-order valence-electron chi connectivity index (χ0n) is 17.0. The quantitative estimate of drug-likeness (QED) is 0.321. The Morgan fingerprint density at radius 3 is 2.59 bits per heavy atom. The summed E-state index contributed by atoms with van der Waals surface area (Å²) in [6, 6.07) is 11.9. The Bertz CT molecular complexity index is 830. The van der Waals surface area contributed by atoms with Crippen molar-refractivity contribution in [1.82, 2.24) is 10.6 Å². The van der Waals surface area contributed by atoms with Crippen molar-refractivity contribution in [2.45, 2.75) is 19.9 Å².